The Morgan fingerprint density at radius 2 is 2.36 bits per heavy atom. The minimum absolute atomic E-state index is 0.295. The molecule has 0 amide bonds. The molecular weight excluding hydrogens is 190 g/mol. The largest absolute Gasteiger partial charge is 0.428 e. The van der Waals surface area contributed by atoms with Crippen molar-refractivity contribution in [3.63, 3.8) is 0 Å². The Bertz CT molecular complexity index is 342. The molecule has 0 aliphatic heterocycles. The van der Waals surface area contributed by atoms with Crippen LogP contribution in [0.5, 0.6) is 0 Å². The van der Waals surface area contributed by atoms with Gasteiger partial charge in [-0.3, -0.25) is 0 Å². The van der Waals surface area contributed by atoms with Crippen LogP contribution < -0.4 is 0 Å². The van der Waals surface area contributed by atoms with E-state index < -0.39 is 9.05 Å². The molecule has 0 N–H and O–H groups in total. The lowest BCUT2D eigenvalue weighted by Gasteiger charge is -1.85. The van der Waals surface area contributed by atoms with Crippen molar-refractivity contribution in [2.45, 2.75) is 18.4 Å². The van der Waals surface area contributed by atoms with Crippen LogP contribution in [-0.4, -0.2) is 13.4 Å². The number of nitrogens with zero attached hydrogens (tertiary/aromatic N) is 1. The van der Waals surface area contributed by atoms with Gasteiger partial charge in [-0.05, 0) is 0 Å². The molecule has 6 heteroatoms. The van der Waals surface area contributed by atoms with Crippen molar-refractivity contribution in [2.24, 2.45) is 0 Å². The minimum Gasteiger partial charge on any atom is -0.428 e. The molecule has 11 heavy (non-hydrogen) atoms. The van der Waals surface area contributed by atoms with Gasteiger partial charge in [-0.25, -0.2) is 13.4 Å². The van der Waals surface area contributed by atoms with Crippen LogP contribution in [0.15, 0.2) is 15.7 Å². The van der Waals surface area contributed by atoms with E-state index in [4.69, 9.17) is 15.1 Å². The summed E-state index contributed by atoms with van der Waals surface area (Å²) in [6, 6.07) is 0. The van der Waals surface area contributed by atoms with Crippen LogP contribution in [-0.2, 0) is 15.5 Å². The van der Waals surface area contributed by atoms with E-state index in [1.165, 1.54) is 0 Å². The van der Waals surface area contributed by atoms with E-state index in [-0.39, 0.29) is 5.09 Å². The van der Waals surface area contributed by atoms with E-state index in [2.05, 4.69) is 4.98 Å². The van der Waals surface area contributed by atoms with Gasteiger partial charge in [0.25, 0.3) is 14.1 Å². The molecule has 1 heterocycles. The summed E-state index contributed by atoms with van der Waals surface area (Å²) in [6.45, 7) is 1.80. The van der Waals surface area contributed by atoms with Gasteiger partial charge in [0.1, 0.15) is 0 Å². The molecule has 4 nitrogen and oxygen atoms in total. The normalized spacial score (nSPS) is 11.8. The number of oxazole rings is 1. The summed E-state index contributed by atoms with van der Waals surface area (Å²) in [4.78, 5) is 3.67. The molecule has 62 valence electrons. The SMILES string of the molecule is CCc1ncc(S(=O)(=O)Cl)o1. The van der Waals surface area contributed by atoms with Crippen LogP contribution >= 0.6 is 10.7 Å². The van der Waals surface area contributed by atoms with Crippen LogP contribution in [0.25, 0.3) is 0 Å². The molecule has 0 saturated carbocycles. The first-order chi connectivity index (χ1) is 5.04. The fourth-order valence-corrected chi connectivity index (χ4v) is 1.16. The van der Waals surface area contributed by atoms with E-state index in [1.807, 2.05) is 0 Å². The molecule has 0 saturated heterocycles. The Morgan fingerprint density at radius 3 is 2.64 bits per heavy atom. The molecule has 0 spiro atoms. The lowest BCUT2D eigenvalue weighted by atomic mass is 10.5. The Morgan fingerprint density at radius 1 is 1.73 bits per heavy atom. The highest BCUT2D eigenvalue weighted by Gasteiger charge is 2.15. The average Bonchev–Trinajstić information content (AvgIpc) is 2.32. The highest BCUT2D eigenvalue weighted by molar-refractivity contribution is 8.13. The van der Waals surface area contributed by atoms with E-state index in [0.717, 1.165) is 6.20 Å². The Balaban J connectivity index is 3.09. The van der Waals surface area contributed by atoms with Crippen molar-refractivity contribution in [3.05, 3.63) is 12.1 Å². The maximum Gasteiger partial charge on any atom is 0.296 e. The quantitative estimate of drug-likeness (QED) is 0.665. The van der Waals surface area contributed by atoms with Crippen LogP contribution in [0.2, 0.25) is 0 Å². The van der Waals surface area contributed by atoms with Gasteiger partial charge in [-0.15, -0.1) is 0 Å². The zero-order chi connectivity index (χ0) is 8.48. The minimum atomic E-state index is -3.75. The maximum absolute atomic E-state index is 10.6. The van der Waals surface area contributed by atoms with Gasteiger partial charge in [-0.1, -0.05) is 6.92 Å². The highest BCUT2D eigenvalue weighted by atomic mass is 35.7. The molecular formula is C5H6ClNO3S. The maximum atomic E-state index is 10.6. The molecule has 1 aromatic heterocycles. The summed E-state index contributed by atoms with van der Waals surface area (Å²) < 4.78 is 26.0. The Kier molecular flexibility index (Phi) is 2.20. The lowest BCUT2D eigenvalue weighted by Crippen LogP contribution is -1.85. The van der Waals surface area contributed by atoms with Crippen molar-refractivity contribution in [1.82, 2.24) is 4.98 Å². The van der Waals surface area contributed by atoms with Crippen LogP contribution in [0, 0.1) is 0 Å². The van der Waals surface area contributed by atoms with Gasteiger partial charge in [0.2, 0.25) is 0 Å². The first-order valence-electron chi connectivity index (χ1n) is 2.93. The van der Waals surface area contributed by atoms with Crippen LogP contribution in [0.4, 0.5) is 0 Å². The lowest BCUT2D eigenvalue weighted by molar-refractivity contribution is 0.415. The van der Waals surface area contributed by atoms with Crippen molar-refractivity contribution in [2.75, 3.05) is 0 Å². The van der Waals surface area contributed by atoms with Crippen molar-refractivity contribution < 1.29 is 12.8 Å². The predicted molar refractivity (Wildman–Crippen MR) is 38.9 cm³/mol. The standard InChI is InChI=1S/C5H6ClNO3S/c1-2-4-7-3-5(10-4)11(6,8)9/h3H,2H2,1H3. The van der Waals surface area contributed by atoms with Crippen molar-refractivity contribution >= 4 is 19.7 Å². The third-order valence-corrected chi connectivity index (χ3v) is 2.20. The first-order valence-corrected chi connectivity index (χ1v) is 5.24. The van der Waals surface area contributed by atoms with Crippen molar-refractivity contribution in [3.8, 4) is 0 Å². The fraction of sp³-hybridized carbons (Fsp3) is 0.400. The molecule has 0 radical (unpaired) electrons. The van der Waals surface area contributed by atoms with Crippen LogP contribution in [0.1, 0.15) is 12.8 Å². The average molecular weight is 196 g/mol. The number of aromatic nitrogens is 1. The van der Waals surface area contributed by atoms with Gasteiger partial charge in [0.05, 0.1) is 6.20 Å². The van der Waals surface area contributed by atoms with Gasteiger partial charge in [0.15, 0.2) is 5.89 Å². The van der Waals surface area contributed by atoms with E-state index in [0.29, 0.717) is 12.3 Å². The molecule has 1 rings (SSSR count). The molecule has 0 atom stereocenters. The second-order valence-corrected chi connectivity index (χ2v) is 4.36. The van der Waals surface area contributed by atoms with E-state index >= 15 is 0 Å². The highest BCUT2D eigenvalue weighted by Crippen LogP contribution is 2.15. The summed E-state index contributed by atoms with van der Waals surface area (Å²) in [5.74, 6) is 0.365. The predicted octanol–water partition coefficient (Wildman–Crippen LogP) is 1.16. The topological polar surface area (TPSA) is 60.2 Å². The molecule has 0 bridgehead atoms. The molecule has 1 aromatic rings. The van der Waals surface area contributed by atoms with Gasteiger partial charge in [0, 0.05) is 17.1 Å². The zero-order valence-corrected chi connectivity index (χ0v) is 7.32. The molecule has 0 aliphatic carbocycles. The summed E-state index contributed by atoms with van der Waals surface area (Å²) >= 11 is 0. The third kappa shape index (κ3) is 1.94. The van der Waals surface area contributed by atoms with E-state index in [1.54, 1.807) is 6.92 Å². The van der Waals surface area contributed by atoms with Gasteiger partial charge in [-0.2, -0.15) is 0 Å². The molecule has 0 fully saturated rings. The smallest absolute Gasteiger partial charge is 0.296 e. The number of aryl methyl sites for hydroxylation is 1. The summed E-state index contributed by atoms with van der Waals surface area (Å²) in [5.41, 5.74) is 0. The summed E-state index contributed by atoms with van der Waals surface area (Å²) in [5, 5.41) is -0.295. The zero-order valence-electron chi connectivity index (χ0n) is 5.74. The fourth-order valence-electron chi connectivity index (χ4n) is 0.570. The second kappa shape index (κ2) is 2.83. The molecule has 0 aromatic carbocycles. The van der Waals surface area contributed by atoms with Gasteiger partial charge < -0.3 is 4.42 Å². The first kappa shape index (κ1) is 8.55. The number of halogens is 1. The van der Waals surface area contributed by atoms with E-state index in [9.17, 15) is 8.42 Å². The van der Waals surface area contributed by atoms with Gasteiger partial charge >= 0.3 is 0 Å². The third-order valence-electron chi connectivity index (χ3n) is 1.08. The Hall–Kier alpha value is -0.550. The number of hydrogen-bond donors (Lipinski definition) is 0. The summed E-state index contributed by atoms with van der Waals surface area (Å²) in [7, 11) is 1.22. The van der Waals surface area contributed by atoms with Crippen molar-refractivity contribution in [1.29, 1.82) is 0 Å². The number of rotatable bonds is 2. The molecule has 0 aliphatic rings. The molecule has 0 unspecified atom stereocenters. The Labute approximate surface area is 68.6 Å². The second-order valence-electron chi connectivity index (χ2n) is 1.86. The van der Waals surface area contributed by atoms with Crippen LogP contribution in [0.3, 0.4) is 0 Å². The number of hydrogen-bond acceptors (Lipinski definition) is 4. The monoisotopic (exact) mass is 195 g/mol. The summed E-state index contributed by atoms with van der Waals surface area (Å²) in [6.07, 6.45) is 1.65.